The predicted octanol–water partition coefficient (Wildman–Crippen LogP) is 3.37. The monoisotopic (exact) mass is 345 g/mol. The fourth-order valence-electron chi connectivity index (χ4n) is 1.68. The van der Waals surface area contributed by atoms with E-state index in [0.717, 1.165) is 28.1 Å². The highest BCUT2D eigenvalue weighted by Crippen LogP contribution is 2.36. The molecule has 20 heavy (non-hydrogen) atoms. The van der Waals surface area contributed by atoms with Crippen molar-refractivity contribution in [3.8, 4) is 11.5 Å². The van der Waals surface area contributed by atoms with Crippen molar-refractivity contribution >= 4 is 15.9 Å². The van der Waals surface area contributed by atoms with Crippen LogP contribution in [0.4, 0.5) is 0 Å². The molecule has 0 spiro atoms. The van der Waals surface area contributed by atoms with Gasteiger partial charge in [-0.1, -0.05) is 13.8 Å². The molecule has 0 heterocycles. The fourth-order valence-corrected chi connectivity index (χ4v) is 2.29. The molecule has 0 saturated heterocycles. The van der Waals surface area contributed by atoms with Gasteiger partial charge in [0.1, 0.15) is 6.61 Å². The van der Waals surface area contributed by atoms with Crippen LogP contribution in [0.5, 0.6) is 11.5 Å². The highest BCUT2D eigenvalue weighted by Gasteiger charge is 2.11. The molecule has 0 atom stereocenters. The van der Waals surface area contributed by atoms with E-state index in [0.29, 0.717) is 25.9 Å². The number of halogens is 1. The van der Waals surface area contributed by atoms with Gasteiger partial charge in [-0.3, -0.25) is 0 Å². The molecule has 5 heteroatoms. The van der Waals surface area contributed by atoms with E-state index in [-0.39, 0.29) is 0 Å². The third-order valence-corrected chi connectivity index (χ3v) is 3.27. The lowest BCUT2D eigenvalue weighted by Gasteiger charge is -2.15. The summed E-state index contributed by atoms with van der Waals surface area (Å²) in [4.78, 5) is 0. The molecule has 1 aromatic rings. The second-order valence-corrected chi connectivity index (χ2v) is 5.54. The number of methoxy groups -OCH3 is 1. The summed E-state index contributed by atoms with van der Waals surface area (Å²) in [5, 5.41) is 3.38. The van der Waals surface area contributed by atoms with E-state index in [2.05, 4.69) is 35.1 Å². The zero-order valence-corrected chi connectivity index (χ0v) is 14.2. The Morgan fingerprint density at radius 1 is 1.25 bits per heavy atom. The van der Waals surface area contributed by atoms with Gasteiger partial charge >= 0.3 is 0 Å². The molecule has 0 aliphatic heterocycles. The standard InChI is InChI=1S/C15H24BrNO3/c1-5-19-6-7-20-15-13(16)8-12(9-14(15)18-4)10-17-11(2)3/h8-9,11,17H,5-7,10H2,1-4H3. The molecule has 1 N–H and O–H groups in total. The average molecular weight is 346 g/mol. The Kier molecular flexibility index (Phi) is 7.95. The lowest BCUT2D eigenvalue weighted by molar-refractivity contribution is 0.108. The van der Waals surface area contributed by atoms with Crippen molar-refractivity contribution in [1.29, 1.82) is 0 Å². The van der Waals surface area contributed by atoms with E-state index in [1.54, 1.807) is 7.11 Å². The Morgan fingerprint density at radius 2 is 2.00 bits per heavy atom. The van der Waals surface area contributed by atoms with Crippen molar-refractivity contribution in [1.82, 2.24) is 5.32 Å². The molecule has 0 aromatic heterocycles. The van der Waals surface area contributed by atoms with Crippen molar-refractivity contribution in [2.75, 3.05) is 26.9 Å². The maximum absolute atomic E-state index is 5.72. The van der Waals surface area contributed by atoms with Crippen LogP contribution >= 0.6 is 15.9 Å². The van der Waals surface area contributed by atoms with Crippen LogP contribution in [0.15, 0.2) is 16.6 Å². The maximum atomic E-state index is 5.72. The van der Waals surface area contributed by atoms with Crippen molar-refractivity contribution in [3.05, 3.63) is 22.2 Å². The Labute approximate surface area is 129 Å². The summed E-state index contributed by atoms with van der Waals surface area (Å²) in [5.74, 6) is 1.46. The minimum atomic E-state index is 0.446. The zero-order chi connectivity index (χ0) is 15.0. The number of nitrogens with one attached hydrogen (secondary N) is 1. The summed E-state index contributed by atoms with van der Waals surface area (Å²) in [7, 11) is 1.65. The van der Waals surface area contributed by atoms with Crippen LogP contribution in [0, 0.1) is 0 Å². The van der Waals surface area contributed by atoms with E-state index in [9.17, 15) is 0 Å². The predicted molar refractivity (Wildman–Crippen MR) is 84.7 cm³/mol. The minimum Gasteiger partial charge on any atom is -0.493 e. The van der Waals surface area contributed by atoms with Crippen LogP contribution < -0.4 is 14.8 Å². The van der Waals surface area contributed by atoms with Crippen LogP contribution in [-0.2, 0) is 11.3 Å². The smallest absolute Gasteiger partial charge is 0.175 e. The zero-order valence-electron chi connectivity index (χ0n) is 12.7. The summed E-state index contributed by atoms with van der Waals surface area (Å²) in [6.45, 7) is 8.78. The summed E-state index contributed by atoms with van der Waals surface area (Å²) in [5.41, 5.74) is 1.15. The molecule has 0 aliphatic rings. The quantitative estimate of drug-likeness (QED) is 0.696. The second-order valence-electron chi connectivity index (χ2n) is 4.69. The largest absolute Gasteiger partial charge is 0.493 e. The number of hydrogen-bond acceptors (Lipinski definition) is 4. The van der Waals surface area contributed by atoms with Crippen molar-refractivity contribution in [3.63, 3.8) is 0 Å². The molecule has 4 nitrogen and oxygen atoms in total. The summed E-state index contributed by atoms with van der Waals surface area (Å²) in [6, 6.07) is 4.49. The Hall–Kier alpha value is -0.780. The van der Waals surface area contributed by atoms with Crippen molar-refractivity contribution < 1.29 is 14.2 Å². The van der Waals surface area contributed by atoms with Crippen molar-refractivity contribution in [2.45, 2.75) is 33.4 Å². The molecule has 1 rings (SSSR count). The van der Waals surface area contributed by atoms with Crippen LogP contribution in [0.25, 0.3) is 0 Å². The van der Waals surface area contributed by atoms with Gasteiger partial charge < -0.3 is 19.5 Å². The van der Waals surface area contributed by atoms with Gasteiger partial charge in [0, 0.05) is 19.2 Å². The van der Waals surface area contributed by atoms with Gasteiger partial charge in [0.15, 0.2) is 11.5 Å². The topological polar surface area (TPSA) is 39.7 Å². The first-order chi connectivity index (χ1) is 9.58. The highest BCUT2D eigenvalue weighted by molar-refractivity contribution is 9.10. The number of benzene rings is 1. The molecule has 1 aromatic carbocycles. The summed E-state index contributed by atoms with van der Waals surface area (Å²) >= 11 is 3.54. The van der Waals surface area contributed by atoms with Gasteiger partial charge in [0.05, 0.1) is 18.2 Å². The first-order valence-corrected chi connectivity index (χ1v) is 7.68. The van der Waals surface area contributed by atoms with Crippen LogP contribution in [0.3, 0.4) is 0 Å². The normalized spacial score (nSPS) is 10.9. The Morgan fingerprint density at radius 3 is 2.60 bits per heavy atom. The van der Waals surface area contributed by atoms with E-state index >= 15 is 0 Å². The average Bonchev–Trinajstić information content (AvgIpc) is 2.42. The first-order valence-electron chi connectivity index (χ1n) is 6.88. The number of ether oxygens (including phenoxy) is 3. The van der Waals surface area contributed by atoms with Gasteiger partial charge in [0.25, 0.3) is 0 Å². The molecule has 114 valence electrons. The van der Waals surface area contributed by atoms with E-state index in [1.807, 2.05) is 19.1 Å². The number of rotatable bonds is 9. The highest BCUT2D eigenvalue weighted by atomic mass is 79.9. The number of hydrogen-bond donors (Lipinski definition) is 1. The second kappa shape index (κ2) is 9.21. The third-order valence-electron chi connectivity index (χ3n) is 2.68. The Bertz CT molecular complexity index is 410. The van der Waals surface area contributed by atoms with E-state index < -0.39 is 0 Å². The SMILES string of the molecule is CCOCCOc1c(Br)cc(CNC(C)C)cc1OC. The maximum Gasteiger partial charge on any atom is 0.175 e. The van der Waals surface area contributed by atoms with Crippen LogP contribution in [-0.4, -0.2) is 33.0 Å². The van der Waals surface area contributed by atoms with Crippen LogP contribution in [0.1, 0.15) is 26.3 Å². The van der Waals surface area contributed by atoms with E-state index in [4.69, 9.17) is 14.2 Å². The minimum absolute atomic E-state index is 0.446. The lowest BCUT2D eigenvalue weighted by Crippen LogP contribution is -2.21. The summed E-state index contributed by atoms with van der Waals surface area (Å²) < 4.78 is 17.3. The van der Waals surface area contributed by atoms with Gasteiger partial charge in [-0.05, 0) is 40.5 Å². The van der Waals surface area contributed by atoms with Gasteiger partial charge in [0.2, 0.25) is 0 Å². The molecule has 0 bridgehead atoms. The van der Waals surface area contributed by atoms with Gasteiger partial charge in [-0.25, -0.2) is 0 Å². The molecule has 0 amide bonds. The van der Waals surface area contributed by atoms with E-state index in [1.165, 1.54) is 0 Å². The third kappa shape index (κ3) is 5.69. The molecule has 0 aliphatic carbocycles. The fraction of sp³-hybridized carbons (Fsp3) is 0.600. The molecule has 0 saturated carbocycles. The summed E-state index contributed by atoms with van der Waals surface area (Å²) in [6.07, 6.45) is 0. The Balaban J connectivity index is 2.74. The molecular formula is C15H24BrNO3. The van der Waals surface area contributed by atoms with Crippen molar-refractivity contribution in [2.24, 2.45) is 0 Å². The van der Waals surface area contributed by atoms with Gasteiger partial charge in [-0.15, -0.1) is 0 Å². The van der Waals surface area contributed by atoms with Gasteiger partial charge in [-0.2, -0.15) is 0 Å². The molecular weight excluding hydrogens is 322 g/mol. The first kappa shape index (κ1) is 17.3. The molecule has 0 fully saturated rings. The molecule has 0 unspecified atom stereocenters. The van der Waals surface area contributed by atoms with Crippen LogP contribution in [0.2, 0.25) is 0 Å². The molecule has 0 radical (unpaired) electrons. The lowest BCUT2D eigenvalue weighted by atomic mass is 10.2.